The van der Waals surface area contributed by atoms with Crippen LogP contribution in [0.15, 0.2) is 12.1 Å². The van der Waals surface area contributed by atoms with Gasteiger partial charge in [0.05, 0.1) is 0 Å². The molecule has 1 rings (SSSR count). The van der Waals surface area contributed by atoms with Gasteiger partial charge in [0.25, 0.3) is 0 Å². The minimum Gasteiger partial charge on any atom is -0.312 e. The highest BCUT2D eigenvalue weighted by Crippen LogP contribution is 2.19. The van der Waals surface area contributed by atoms with Crippen molar-refractivity contribution in [3.05, 3.63) is 21.9 Å². The van der Waals surface area contributed by atoms with Gasteiger partial charge in [-0.1, -0.05) is 6.92 Å². The SMILES string of the molecule is CCCNCc1ccc(CN(C)C(C)CSC)s1. The van der Waals surface area contributed by atoms with Gasteiger partial charge in [0.15, 0.2) is 0 Å². The molecule has 1 atom stereocenters. The molecule has 1 unspecified atom stereocenters. The summed E-state index contributed by atoms with van der Waals surface area (Å²) in [5.41, 5.74) is 0. The first-order valence-electron chi connectivity index (χ1n) is 6.64. The number of hydrogen-bond donors (Lipinski definition) is 1. The van der Waals surface area contributed by atoms with E-state index in [1.54, 1.807) is 0 Å². The average Bonchev–Trinajstić information content (AvgIpc) is 2.77. The van der Waals surface area contributed by atoms with Crippen molar-refractivity contribution in [1.82, 2.24) is 10.2 Å². The molecule has 0 aliphatic carbocycles. The van der Waals surface area contributed by atoms with E-state index in [9.17, 15) is 0 Å². The van der Waals surface area contributed by atoms with E-state index < -0.39 is 0 Å². The molecule has 0 bridgehead atoms. The lowest BCUT2D eigenvalue weighted by atomic mass is 10.3. The Labute approximate surface area is 120 Å². The van der Waals surface area contributed by atoms with Crippen molar-refractivity contribution < 1.29 is 0 Å². The molecular weight excluding hydrogens is 260 g/mol. The lowest BCUT2D eigenvalue weighted by Gasteiger charge is -2.23. The largest absolute Gasteiger partial charge is 0.312 e. The third kappa shape index (κ3) is 5.74. The molecule has 0 spiro atoms. The molecule has 4 heteroatoms. The first kappa shape index (κ1) is 16.0. The van der Waals surface area contributed by atoms with E-state index in [1.165, 1.54) is 21.9 Å². The summed E-state index contributed by atoms with van der Waals surface area (Å²) < 4.78 is 0. The monoisotopic (exact) mass is 286 g/mol. The topological polar surface area (TPSA) is 15.3 Å². The van der Waals surface area contributed by atoms with Gasteiger partial charge in [-0.05, 0) is 45.3 Å². The maximum absolute atomic E-state index is 3.45. The number of thioether (sulfide) groups is 1. The van der Waals surface area contributed by atoms with E-state index in [4.69, 9.17) is 0 Å². The van der Waals surface area contributed by atoms with Gasteiger partial charge in [0, 0.05) is 34.6 Å². The van der Waals surface area contributed by atoms with Crippen LogP contribution in [0.5, 0.6) is 0 Å². The van der Waals surface area contributed by atoms with E-state index in [2.05, 4.69) is 49.5 Å². The average molecular weight is 287 g/mol. The van der Waals surface area contributed by atoms with Crippen molar-refractivity contribution in [3.8, 4) is 0 Å². The molecule has 0 radical (unpaired) electrons. The second-order valence-corrected chi connectivity index (χ2v) is 6.93. The molecular formula is C14H26N2S2. The van der Waals surface area contributed by atoms with Crippen LogP contribution in [0.2, 0.25) is 0 Å². The zero-order valence-corrected chi connectivity index (χ0v) is 13.7. The minimum atomic E-state index is 0.642. The molecule has 1 heterocycles. The first-order chi connectivity index (χ1) is 8.67. The predicted molar refractivity (Wildman–Crippen MR) is 85.6 cm³/mol. The molecule has 1 N–H and O–H groups in total. The fourth-order valence-corrected chi connectivity index (χ4v) is 3.55. The smallest absolute Gasteiger partial charge is 0.0328 e. The Morgan fingerprint density at radius 2 is 2.11 bits per heavy atom. The van der Waals surface area contributed by atoms with Crippen molar-refractivity contribution in [3.63, 3.8) is 0 Å². The zero-order chi connectivity index (χ0) is 13.4. The van der Waals surface area contributed by atoms with Gasteiger partial charge in [-0.2, -0.15) is 11.8 Å². The first-order valence-corrected chi connectivity index (χ1v) is 8.85. The second-order valence-electron chi connectivity index (χ2n) is 4.76. The molecule has 0 amide bonds. The summed E-state index contributed by atoms with van der Waals surface area (Å²) in [6.07, 6.45) is 3.38. The third-order valence-corrected chi connectivity index (χ3v) is 4.89. The van der Waals surface area contributed by atoms with E-state index in [-0.39, 0.29) is 0 Å². The number of hydrogen-bond acceptors (Lipinski definition) is 4. The van der Waals surface area contributed by atoms with Crippen molar-refractivity contribution >= 4 is 23.1 Å². The van der Waals surface area contributed by atoms with E-state index in [0.717, 1.165) is 19.6 Å². The normalized spacial score (nSPS) is 13.2. The van der Waals surface area contributed by atoms with Gasteiger partial charge >= 0.3 is 0 Å². The van der Waals surface area contributed by atoms with Gasteiger partial charge in [-0.25, -0.2) is 0 Å². The maximum Gasteiger partial charge on any atom is 0.0328 e. The van der Waals surface area contributed by atoms with Crippen molar-refractivity contribution in [2.45, 2.75) is 39.4 Å². The van der Waals surface area contributed by atoms with Crippen LogP contribution >= 0.6 is 23.1 Å². The summed E-state index contributed by atoms with van der Waals surface area (Å²) in [5.74, 6) is 1.20. The highest BCUT2D eigenvalue weighted by atomic mass is 32.2. The highest BCUT2D eigenvalue weighted by molar-refractivity contribution is 7.98. The molecule has 1 aromatic heterocycles. The number of nitrogens with one attached hydrogen (secondary N) is 1. The van der Waals surface area contributed by atoms with Gasteiger partial charge in [-0.15, -0.1) is 11.3 Å². The Morgan fingerprint density at radius 1 is 1.39 bits per heavy atom. The van der Waals surface area contributed by atoms with Crippen LogP contribution in [0.25, 0.3) is 0 Å². The van der Waals surface area contributed by atoms with Crippen LogP contribution in [-0.4, -0.2) is 36.5 Å². The maximum atomic E-state index is 3.45. The van der Waals surface area contributed by atoms with Crippen molar-refractivity contribution in [2.24, 2.45) is 0 Å². The van der Waals surface area contributed by atoms with Crippen LogP contribution in [0.3, 0.4) is 0 Å². The molecule has 1 aromatic rings. The molecule has 0 fully saturated rings. The summed E-state index contributed by atoms with van der Waals surface area (Å²) in [6, 6.07) is 5.18. The summed E-state index contributed by atoms with van der Waals surface area (Å²) in [5, 5.41) is 3.45. The Hall–Kier alpha value is -0.0300. The van der Waals surface area contributed by atoms with Crippen LogP contribution in [0.1, 0.15) is 30.0 Å². The van der Waals surface area contributed by atoms with E-state index >= 15 is 0 Å². The predicted octanol–water partition coefficient (Wildman–Crippen LogP) is 3.43. The fraction of sp³-hybridized carbons (Fsp3) is 0.714. The summed E-state index contributed by atoms with van der Waals surface area (Å²) >= 11 is 3.86. The number of nitrogens with zero attached hydrogens (tertiary/aromatic N) is 1. The van der Waals surface area contributed by atoms with Gasteiger partial charge in [-0.3, -0.25) is 4.90 Å². The Balaban J connectivity index is 2.38. The van der Waals surface area contributed by atoms with Crippen LogP contribution in [0.4, 0.5) is 0 Å². The van der Waals surface area contributed by atoms with Crippen molar-refractivity contribution in [1.29, 1.82) is 0 Å². The van der Waals surface area contributed by atoms with E-state index in [1.807, 2.05) is 23.1 Å². The lowest BCUT2D eigenvalue weighted by molar-refractivity contribution is 0.272. The summed E-state index contributed by atoms with van der Waals surface area (Å²) in [7, 11) is 2.22. The van der Waals surface area contributed by atoms with Crippen molar-refractivity contribution in [2.75, 3.05) is 25.6 Å². The molecule has 2 nitrogen and oxygen atoms in total. The van der Waals surface area contributed by atoms with Gasteiger partial charge in [0.2, 0.25) is 0 Å². The van der Waals surface area contributed by atoms with Gasteiger partial charge < -0.3 is 5.32 Å². The molecule has 0 aromatic carbocycles. The quantitative estimate of drug-likeness (QED) is 0.700. The molecule has 18 heavy (non-hydrogen) atoms. The number of thiophene rings is 1. The number of rotatable bonds is 9. The Bertz CT molecular complexity index is 325. The van der Waals surface area contributed by atoms with Crippen LogP contribution in [-0.2, 0) is 13.1 Å². The summed E-state index contributed by atoms with van der Waals surface area (Å²) in [4.78, 5) is 5.36. The Morgan fingerprint density at radius 3 is 2.78 bits per heavy atom. The van der Waals surface area contributed by atoms with Crippen LogP contribution < -0.4 is 5.32 Å². The van der Waals surface area contributed by atoms with Gasteiger partial charge in [0.1, 0.15) is 0 Å². The van der Waals surface area contributed by atoms with E-state index in [0.29, 0.717) is 6.04 Å². The second kappa shape index (κ2) is 8.97. The fourth-order valence-electron chi connectivity index (χ4n) is 1.76. The Kier molecular flexibility index (Phi) is 7.98. The molecule has 0 saturated carbocycles. The standard InChI is InChI=1S/C14H26N2S2/c1-5-8-15-9-13-6-7-14(18-13)10-16(3)12(2)11-17-4/h6-7,12,15H,5,8-11H2,1-4H3. The molecule has 0 aliphatic heterocycles. The molecule has 0 saturated heterocycles. The summed E-state index contributed by atoms with van der Waals surface area (Å²) in [6.45, 7) is 7.70. The highest BCUT2D eigenvalue weighted by Gasteiger charge is 2.10. The molecule has 0 aliphatic rings. The third-order valence-electron chi connectivity index (χ3n) is 3.01. The van der Waals surface area contributed by atoms with Crippen LogP contribution in [0, 0.1) is 0 Å². The lowest BCUT2D eigenvalue weighted by Crippen LogP contribution is -2.30. The zero-order valence-electron chi connectivity index (χ0n) is 12.0. The minimum absolute atomic E-state index is 0.642. The molecule has 104 valence electrons.